The second-order valence-electron chi connectivity index (χ2n) is 5.87. The molecule has 5 heteroatoms. The van der Waals surface area contributed by atoms with Crippen molar-refractivity contribution in [1.29, 1.82) is 0 Å². The molecule has 1 aliphatic rings. The first-order chi connectivity index (χ1) is 11.7. The summed E-state index contributed by atoms with van der Waals surface area (Å²) in [5.41, 5.74) is 1.17. The molecular formula is C19H24N2O3. The van der Waals surface area contributed by atoms with Gasteiger partial charge in [0.25, 0.3) is 0 Å². The van der Waals surface area contributed by atoms with Crippen LogP contribution in [0.1, 0.15) is 0 Å². The Balaban J connectivity index is 1.39. The van der Waals surface area contributed by atoms with Gasteiger partial charge in [-0.2, -0.15) is 0 Å². The predicted molar refractivity (Wildman–Crippen MR) is 95.2 cm³/mol. The van der Waals surface area contributed by atoms with Crippen molar-refractivity contribution >= 4 is 5.69 Å². The molecule has 1 N–H and O–H groups in total. The van der Waals surface area contributed by atoms with E-state index >= 15 is 0 Å². The maximum atomic E-state index is 9.37. The molecule has 24 heavy (non-hydrogen) atoms. The number of ether oxygens (including phenoxy) is 2. The summed E-state index contributed by atoms with van der Waals surface area (Å²) in [5, 5.41) is 9.37. The summed E-state index contributed by atoms with van der Waals surface area (Å²) < 4.78 is 10.9. The molecule has 0 aliphatic carbocycles. The van der Waals surface area contributed by atoms with E-state index in [1.807, 2.05) is 36.4 Å². The Kier molecular flexibility index (Phi) is 5.43. The number of benzene rings is 2. The highest BCUT2D eigenvalue weighted by Crippen LogP contribution is 2.20. The van der Waals surface area contributed by atoms with Crippen LogP contribution in [0.15, 0.2) is 48.5 Å². The van der Waals surface area contributed by atoms with Gasteiger partial charge in [-0.05, 0) is 48.5 Å². The summed E-state index contributed by atoms with van der Waals surface area (Å²) in [5.74, 6) is 2.03. The van der Waals surface area contributed by atoms with Crippen molar-refractivity contribution in [3.8, 4) is 17.2 Å². The van der Waals surface area contributed by atoms with E-state index < -0.39 is 0 Å². The van der Waals surface area contributed by atoms with E-state index in [4.69, 9.17) is 9.47 Å². The highest BCUT2D eigenvalue weighted by molar-refractivity contribution is 5.49. The first-order valence-corrected chi connectivity index (χ1v) is 8.28. The van der Waals surface area contributed by atoms with Crippen LogP contribution in [0.25, 0.3) is 0 Å². The van der Waals surface area contributed by atoms with Gasteiger partial charge in [-0.1, -0.05) is 0 Å². The zero-order chi connectivity index (χ0) is 16.8. The van der Waals surface area contributed by atoms with Crippen LogP contribution >= 0.6 is 0 Å². The van der Waals surface area contributed by atoms with E-state index in [1.165, 1.54) is 5.69 Å². The quantitative estimate of drug-likeness (QED) is 0.883. The zero-order valence-electron chi connectivity index (χ0n) is 14.0. The molecular weight excluding hydrogens is 304 g/mol. The van der Waals surface area contributed by atoms with Gasteiger partial charge in [-0.25, -0.2) is 0 Å². The van der Waals surface area contributed by atoms with Crippen LogP contribution in [0.2, 0.25) is 0 Å². The number of piperazine rings is 1. The van der Waals surface area contributed by atoms with Gasteiger partial charge in [0.1, 0.15) is 23.9 Å². The average molecular weight is 328 g/mol. The summed E-state index contributed by atoms with van der Waals surface area (Å²) in [6.07, 6.45) is 0. The van der Waals surface area contributed by atoms with Gasteiger partial charge in [-0.3, -0.25) is 4.90 Å². The molecule has 0 saturated carbocycles. The number of phenols is 1. The molecule has 0 bridgehead atoms. The zero-order valence-corrected chi connectivity index (χ0v) is 14.0. The molecule has 0 atom stereocenters. The molecule has 2 aromatic carbocycles. The van der Waals surface area contributed by atoms with Gasteiger partial charge in [0.2, 0.25) is 0 Å². The lowest BCUT2D eigenvalue weighted by Gasteiger charge is -2.36. The van der Waals surface area contributed by atoms with E-state index in [2.05, 4.69) is 9.80 Å². The third kappa shape index (κ3) is 4.32. The van der Waals surface area contributed by atoms with Crippen molar-refractivity contribution < 1.29 is 14.6 Å². The van der Waals surface area contributed by atoms with Crippen LogP contribution in [-0.2, 0) is 0 Å². The number of phenolic OH excluding ortho intramolecular Hbond substituents is 1. The second-order valence-corrected chi connectivity index (χ2v) is 5.87. The Hall–Kier alpha value is -2.40. The van der Waals surface area contributed by atoms with Crippen molar-refractivity contribution in [2.24, 2.45) is 0 Å². The van der Waals surface area contributed by atoms with E-state index in [-0.39, 0.29) is 0 Å². The molecule has 0 radical (unpaired) electrons. The Morgan fingerprint density at radius 1 is 0.875 bits per heavy atom. The van der Waals surface area contributed by atoms with Crippen molar-refractivity contribution in [2.45, 2.75) is 0 Å². The van der Waals surface area contributed by atoms with E-state index in [9.17, 15) is 5.11 Å². The highest BCUT2D eigenvalue weighted by Gasteiger charge is 2.16. The van der Waals surface area contributed by atoms with Crippen LogP contribution in [-0.4, -0.2) is 56.4 Å². The van der Waals surface area contributed by atoms with Gasteiger partial charge in [0.15, 0.2) is 0 Å². The van der Waals surface area contributed by atoms with Crippen LogP contribution < -0.4 is 14.4 Å². The van der Waals surface area contributed by atoms with E-state index in [0.717, 1.165) is 44.2 Å². The molecule has 0 spiro atoms. The first-order valence-electron chi connectivity index (χ1n) is 8.28. The fraction of sp³-hybridized carbons (Fsp3) is 0.368. The van der Waals surface area contributed by atoms with Gasteiger partial charge >= 0.3 is 0 Å². The molecule has 0 amide bonds. The number of methoxy groups -OCH3 is 1. The smallest absolute Gasteiger partial charge is 0.119 e. The summed E-state index contributed by atoms with van der Waals surface area (Å²) in [7, 11) is 1.66. The van der Waals surface area contributed by atoms with Gasteiger partial charge in [-0.15, -0.1) is 0 Å². The summed E-state index contributed by atoms with van der Waals surface area (Å²) in [4.78, 5) is 4.76. The lowest BCUT2D eigenvalue weighted by atomic mass is 10.2. The molecule has 128 valence electrons. The third-order valence-corrected chi connectivity index (χ3v) is 4.32. The largest absolute Gasteiger partial charge is 0.508 e. The first kappa shape index (κ1) is 16.5. The second kappa shape index (κ2) is 7.93. The average Bonchev–Trinajstić information content (AvgIpc) is 2.64. The van der Waals surface area contributed by atoms with Gasteiger partial charge < -0.3 is 19.5 Å². The van der Waals surface area contributed by atoms with Crippen molar-refractivity contribution in [2.75, 3.05) is 51.3 Å². The maximum absolute atomic E-state index is 9.37. The van der Waals surface area contributed by atoms with Crippen LogP contribution in [0.4, 0.5) is 5.69 Å². The standard InChI is InChI=1S/C19H24N2O3/c1-23-18-6-8-19(9-7-18)24-15-14-20-10-12-21(13-11-20)16-2-4-17(22)5-3-16/h2-9,22H,10-15H2,1H3. The Labute approximate surface area is 143 Å². The molecule has 0 aromatic heterocycles. The number of hydrogen-bond donors (Lipinski definition) is 1. The minimum Gasteiger partial charge on any atom is -0.508 e. The SMILES string of the molecule is COc1ccc(OCCN2CCN(c3ccc(O)cc3)CC2)cc1. The highest BCUT2D eigenvalue weighted by atomic mass is 16.5. The number of hydrogen-bond acceptors (Lipinski definition) is 5. The molecule has 1 heterocycles. The van der Waals surface area contributed by atoms with Crippen molar-refractivity contribution in [3.63, 3.8) is 0 Å². The number of aromatic hydroxyl groups is 1. The Morgan fingerprint density at radius 3 is 2.12 bits per heavy atom. The molecule has 1 aliphatic heterocycles. The molecule has 3 rings (SSSR count). The minimum atomic E-state index is 0.313. The van der Waals surface area contributed by atoms with Crippen LogP contribution in [0.3, 0.4) is 0 Å². The number of anilines is 1. The monoisotopic (exact) mass is 328 g/mol. The molecule has 1 fully saturated rings. The Bertz CT molecular complexity index is 620. The Morgan fingerprint density at radius 2 is 1.50 bits per heavy atom. The number of rotatable bonds is 6. The normalized spacial score (nSPS) is 15.3. The molecule has 2 aromatic rings. The van der Waals surface area contributed by atoms with E-state index in [0.29, 0.717) is 12.4 Å². The summed E-state index contributed by atoms with van der Waals surface area (Å²) in [6.45, 7) is 5.64. The maximum Gasteiger partial charge on any atom is 0.119 e. The van der Waals surface area contributed by atoms with Gasteiger partial charge in [0, 0.05) is 38.4 Å². The van der Waals surface area contributed by atoms with Gasteiger partial charge in [0.05, 0.1) is 7.11 Å². The topological polar surface area (TPSA) is 45.2 Å². The fourth-order valence-corrected chi connectivity index (χ4v) is 2.86. The summed E-state index contributed by atoms with van der Waals surface area (Å²) in [6, 6.07) is 15.1. The van der Waals surface area contributed by atoms with Crippen molar-refractivity contribution in [1.82, 2.24) is 4.90 Å². The van der Waals surface area contributed by atoms with E-state index in [1.54, 1.807) is 19.2 Å². The van der Waals surface area contributed by atoms with Crippen LogP contribution in [0.5, 0.6) is 17.2 Å². The predicted octanol–water partition coefficient (Wildman–Crippen LogP) is 2.60. The number of nitrogens with zero attached hydrogens (tertiary/aromatic N) is 2. The summed E-state index contributed by atoms with van der Waals surface area (Å²) >= 11 is 0. The van der Waals surface area contributed by atoms with Crippen molar-refractivity contribution in [3.05, 3.63) is 48.5 Å². The third-order valence-electron chi connectivity index (χ3n) is 4.32. The lowest BCUT2D eigenvalue weighted by Crippen LogP contribution is -2.47. The lowest BCUT2D eigenvalue weighted by molar-refractivity contribution is 0.200. The molecule has 1 saturated heterocycles. The van der Waals surface area contributed by atoms with Crippen LogP contribution in [0, 0.1) is 0 Å². The molecule has 0 unspecified atom stereocenters. The fourth-order valence-electron chi connectivity index (χ4n) is 2.86. The minimum absolute atomic E-state index is 0.313. The molecule has 5 nitrogen and oxygen atoms in total.